The third kappa shape index (κ3) is 5.04. The number of nitrogens with two attached hydrogens (primary N) is 1. The van der Waals surface area contributed by atoms with E-state index >= 15 is 0 Å². The Morgan fingerprint density at radius 2 is 2.00 bits per heavy atom. The first kappa shape index (κ1) is 14.5. The summed E-state index contributed by atoms with van der Waals surface area (Å²) in [5, 5.41) is 3.08. The van der Waals surface area contributed by atoms with Gasteiger partial charge in [-0.15, -0.1) is 0 Å². The number of hydrogen-bond acceptors (Lipinski definition) is 3. The maximum Gasteiger partial charge on any atom is 0.224 e. The maximum absolute atomic E-state index is 12.1. The number of amides is 1. The van der Waals surface area contributed by atoms with Crippen molar-refractivity contribution in [2.24, 2.45) is 11.7 Å². The zero-order valence-electron chi connectivity index (χ0n) is 11.4. The van der Waals surface area contributed by atoms with E-state index in [4.69, 9.17) is 5.73 Å². The van der Waals surface area contributed by atoms with Gasteiger partial charge in [-0.25, -0.2) is 0 Å². The monoisotopic (exact) mass is 241 g/mol. The first-order valence-electron chi connectivity index (χ1n) is 6.71. The Balaban J connectivity index is 2.44. The van der Waals surface area contributed by atoms with Gasteiger partial charge >= 0.3 is 0 Å². The molecule has 1 aliphatic carbocycles. The number of nitrogens with zero attached hydrogens (tertiary/aromatic N) is 1. The fourth-order valence-electron chi connectivity index (χ4n) is 2.61. The second kappa shape index (κ2) is 6.97. The number of hydrogen-bond donors (Lipinski definition) is 2. The quantitative estimate of drug-likeness (QED) is 0.721. The highest BCUT2D eigenvalue weighted by atomic mass is 16.2. The van der Waals surface area contributed by atoms with Crippen LogP contribution in [0.3, 0.4) is 0 Å². The van der Waals surface area contributed by atoms with Gasteiger partial charge in [-0.1, -0.05) is 19.3 Å². The van der Waals surface area contributed by atoms with Crippen LogP contribution < -0.4 is 11.1 Å². The molecule has 0 aromatic heterocycles. The number of rotatable bonds is 4. The van der Waals surface area contributed by atoms with Crippen molar-refractivity contribution in [3.8, 4) is 0 Å². The largest absolute Gasteiger partial charge is 0.352 e. The average molecular weight is 241 g/mol. The molecule has 0 radical (unpaired) electrons. The molecule has 1 saturated carbocycles. The normalized spacial score (nSPS) is 27.6. The third-order valence-electron chi connectivity index (χ3n) is 3.43. The Hall–Kier alpha value is -0.610. The zero-order chi connectivity index (χ0) is 12.8. The lowest BCUT2D eigenvalue weighted by molar-refractivity contribution is -0.126. The van der Waals surface area contributed by atoms with Gasteiger partial charge in [0.15, 0.2) is 0 Å². The summed E-state index contributed by atoms with van der Waals surface area (Å²) >= 11 is 0. The van der Waals surface area contributed by atoms with Crippen LogP contribution in [-0.2, 0) is 4.79 Å². The van der Waals surface area contributed by atoms with Crippen LogP contribution >= 0.6 is 0 Å². The van der Waals surface area contributed by atoms with Crippen molar-refractivity contribution >= 4 is 5.91 Å². The summed E-state index contributed by atoms with van der Waals surface area (Å²) in [4.78, 5) is 14.2. The van der Waals surface area contributed by atoms with E-state index < -0.39 is 0 Å². The first-order valence-corrected chi connectivity index (χ1v) is 6.71. The molecule has 0 aromatic rings. The highest BCUT2D eigenvalue weighted by Crippen LogP contribution is 2.22. The highest BCUT2D eigenvalue weighted by molar-refractivity contribution is 5.79. The zero-order valence-corrected chi connectivity index (χ0v) is 11.4. The van der Waals surface area contributed by atoms with Crippen molar-refractivity contribution in [3.05, 3.63) is 0 Å². The molecule has 1 amide bonds. The fraction of sp³-hybridized carbons (Fsp3) is 0.923. The van der Waals surface area contributed by atoms with E-state index in [1.54, 1.807) is 0 Å². The molecule has 100 valence electrons. The summed E-state index contributed by atoms with van der Waals surface area (Å²) in [6.07, 6.45) is 5.44. The van der Waals surface area contributed by atoms with Crippen molar-refractivity contribution in [2.45, 2.75) is 51.1 Å². The number of carbonyl (C=O) groups is 1. The molecule has 0 spiro atoms. The van der Waals surface area contributed by atoms with Crippen LogP contribution in [0, 0.1) is 5.92 Å². The molecule has 0 aromatic carbocycles. The van der Waals surface area contributed by atoms with Gasteiger partial charge in [-0.2, -0.15) is 0 Å². The number of likely N-dealkylation sites (N-methyl/N-ethyl adjacent to an activating group) is 1. The molecule has 1 aliphatic rings. The van der Waals surface area contributed by atoms with Crippen molar-refractivity contribution in [2.75, 3.05) is 20.6 Å². The van der Waals surface area contributed by atoms with Crippen LogP contribution in [-0.4, -0.2) is 43.5 Å². The molecule has 0 heterocycles. The molecule has 0 aliphatic heterocycles. The minimum Gasteiger partial charge on any atom is -0.352 e. The second-order valence-electron chi connectivity index (χ2n) is 5.58. The van der Waals surface area contributed by atoms with Crippen LogP contribution in [0.15, 0.2) is 0 Å². The summed E-state index contributed by atoms with van der Waals surface area (Å²) in [7, 11) is 4.03. The van der Waals surface area contributed by atoms with Gasteiger partial charge in [-0.05, 0) is 33.9 Å². The molecular weight excluding hydrogens is 214 g/mol. The van der Waals surface area contributed by atoms with Crippen molar-refractivity contribution < 1.29 is 4.79 Å². The van der Waals surface area contributed by atoms with Gasteiger partial charge < -0.3 is 16.0 Å². The molecule has 17 heavy (non-hydrogen) atoms. The summed E-state index contributed by atoms with van der Waals surface area (Å²) < 4.78 is 0. The lowest BCUT2D eigenvalue weighted by Crippen LogP contribution is -2.47. The molecular formula is C13H27N3O. The summed E-state index contributed by atoms with van der Waals surface area (Å²) in [5.74, 6) is 0.163. The Morgan fingerprint density at radius 1 is 1.35 bits per heavy atom. The van der Waals surface area contributed by atoms with Gasteiger partial charge in [0.2, 0.25) is 5.91 Å². The van der Waals surface area contributed by atoms with E-state index in [1.807, 2.05) is 21.0 Å². The molecule has 0 bridgehead atoms. The van der Waals surface area contributed by atoms with Gasteiger partial charge in [0.25, 0.3) is 0 Å². The lowest BCUT2D eigenvalue weighted by atomic mass is 9.94. The molecule has 0 saturated heterocycles. The van der Waals surface area contributed by atoms with E-state index in [2.05, 4.69) is 10.2 Å². The molecule has 1 rings (SSSR count). The van der Waals surface area contributed by atoms with Gasteiger partial charge in [0.05, 0.1) is 5.92 Å². The third-order valence-corrected chi connectivity index (χ3v) is 3.43. The topological polar surface area (TPSA) is 58.4 Å². The smallest absolute Gasteiger partial charge is 0.224 e. The Bertz CT molecular complexity index is 243. The van der Waals surface area contributed by atoms with Crippen molar-refractivity contribution in [3.63, 3.8) is 0 Å². The predicted octanol–water partition coefficient (Wildman–Crippen LogP) is 0.960. The SMILES string of the molecule is CC(CN(C)C)NC(=O)C1CCCCCC1N. The van der Waals surface area contributed by atoms with Gasteiger partial charge in [-0.3, -0.25) is 4.79 Å². The fourth-order valence-corrected chi connectivity index (χ4v) is 2.61. The van der Waals surface area contributed by atoms with Crippen LogP contribution in [0.4, 0.5) is 0 Å². The number of carbonyl (C=O) groups excluding carboxylic acids is 1. The van der Waals surface area contributed by atoms with E-state index in [0.29, 0.717) is 0 Å². The van der Waals surface area contributed by atoms with Crippen LogP contribution in [0.5, 0.6) is 0 Å². The highest BCUT2D eigenvalue weighted by Gasteiger charge is 2.27. The van der Waals surface area contributed by atoms with Crippen molar-refractivity contribution in [1.82, 2.24) is 10.2 Å². The van der Waals surface area contributed by atoms with E-state index in [1.165, 1.54) is 6.42 Å². The molecule has 3 unspecified atom stereocenters. The van der Waals surface area contributed by atoms with Crippen LogP contribution in [0.25, 0.3) is 0 Å². The van der Waals surface area contributed by atoms with Gasteiger partial charge in [0.1, 0.15) is 0 Å². The van der Waals surface area contributed by atoms with Crippen LogP contribution in [0.1, 0.15) is 39.0 Å². The van der Waals surface area contributed by atoms with Crippen LogP contribution in [0.2, 0.25) is 0 Å². The Labute approximate surface area is 105 Å². The standard InChI is InChI=1S/C13H27N3O/c1-10(9-16(2)3)15-13(17)11-7-5-4-6-8-12(11)14/h10-12H,4-9,14H2,1-3H3,(H,15,17). The lowest BCUT2D eigenvalue weighted by Gasteiger charge is -2.24. The molecule has 4 nitrogen and oxygen atoms in total. The minimum atomic E-state index is 0.0158. The van der Waals surface area contributed by atoms with E-state index in [0.717, 1.165) is 32.2 Å². The molecule has 1 fully saturated rings. The summed E-state index contributed by atoms with van der Waals surface area (Å²) in [6, 6.07) is 0.233. The van der Waals surface area contributed by atoms with Gasteiger partial charge in [0, 0.05) is 18.6 Å². The van der Waals surface area contributed by atoms with Crippen molar-refractivity contribution in [1.29, 1.82) is 0 Å². The Morgan fingerprint density at radius 3 is 2.65 bits per heavy atom. The van der Waals surface area contributed by atoms with E-state index in [-0.39, 0.29) is 23.9 Å². The molecule has 4 heteroatoms. The predicted molar refractivity (Wildman–Crippen MR) is 70.7 cm³/mol. The second-order valence-corrected chi connectivity index (χ2v) is 5.58. The minimum absolute atomic E-state index is 0.0158. The molecule has 3 N–H and O–H groups in total. The van der Waals surface area contributed by atoms with E-state index in [9.17, 15) is 4.79 Å². The summed E-state index contributed by atoms with van der Waals surface area (Å²) in [6.45, 7) is 2.91. The molecule has 3 atom stereocenters. The maximum atomic E-state index is 12.1. The average Bonchev–Trinajstić information content (AvgIpc) is 2.41. The Kier molecular flexibility index (Phi) is 5.92. The number of nitrogens with one attached hydrogen (secondary N) is 1. The summed E-state index contributed by atoms with van der Waals surface area (Å²) in [5.41, 5.74) is 6.09. The first-order chi connectivity index (χ1) is 8.00.